The molecule has 2 N–H and O–H groups in total. The topological polar surface area (TPSA) is 61.4 Å². The Balaban J connectivity index is 1.90. The van der Waals surface area contributed by atoms with Crippen LogP contribution in [0.4, 0.5) is 11.4 Å². The summed E-state index contributed by atoms with van der Waals surface area (Å²) in [5.41, 5.74) is 3.45. The highest BCUT2D eigenvalue weighted by atomic mass is 16.2. The number of rotatable bonds is 10. The number of carbonyl (C=O) groups is 2. The molecule has 0 saturated heterocycles. The SMILES string of the molecule is CCCCN(C)c1ccc(C(=O)NCc2cccc(NC(=O)CCC)c2)cc1. The van der Waals surface area contributed by atoms with Crippen molar-refractivity contribution in [3.8, 4) is 0 Å². The van der Waals surface area contributed by atoms with Gasteiger partial charge in [-0.15, -0.1) is 0 Å². The van der Waals surface area contributed by atoms with Gasteiger partial charge in [0.2, 0.25) is 5.91 Å². The van der Waals surface area contributed by atoms with Crippen molar-refractivity contribution in [3.05, 3.63) is 59.7 Å². The molecule has 0 saturated carbocycles. The first-order valence-corrected chi connectivity index (χ1v) is 10.0. The average Bonchev–Trinajstić information content (AvgIpc) is 2.70. The van der Waals surface area contributed by atoms with Crippen molar-refractivity contribution in [2.45, 2.75) is 46.1 Å². The van der Waals surface area contributed by atoms with Crippen LogP contribution in [0.3, 0.4) is 0 Å². The van der Waals surface area contributed by atoms with E-state index in [4.69, 9.17) is 0 Å². The Labute approximate surface area is 168 Å². The minimum Gasteiger partial charge on any atom is -0.375 e. The third-order valence-electron chi connectivity index (χ3n) is 4.56. The largest absolute Gasteiger partial charge is 0.375 e. The molecular weight excluding hydrogens is 350 g/mol. The fourth-order valence-electron chi connectivity index (χ4n) is 2.89. The second-order valence-electron chi connectivity index (χ2n) is 7.00. The minimum atomic E-state index is -0.108. The molecule has 0 fully saturated rings. The Morgan fingerprint density at radius 2 is 1.75 bits per heavy atom. The average molecular weight is 382 g/mol. The summed E-state index contributed by atoms with van der Waals surface area (Å²) in [4.78, 5) is 26.3. The molecule has 150 valence electrons. The second-order valence-corrected chi connectivity index (χ2v) is 7.00. The molecular formula is C23H31N3O2. The van der Waals surface area contributed by atoms with Crippen LogP contribution in [0.15, 0.2) is 48.5 Å². The van der Waals surface area contributed by atoms with Gasteiger partial charge >= 0.3 is 0 Å². The number of nitrogens with zero attached hydrogens (tertiary/aromatic N) is 1. The molecule has 2 aromatic carbocycles. The smallest absolute Gasteiger partial charge is 0.251 e. The summed E-state index contributed by atoms with van der Waals surface area (Å²) in [6.07, 6.45) is 3.63. The van der Waals surface area contributed by atoms with E-state index in [0.29, 0.717) is 18.5 Å². The van der Waals surface area contributed by atoms with Crippen molar-refractivity contribution < 1.29 is 9.59 Å². The monoisotopic (exact) mass is 381 g/mol. The number of amides is 2. The van der Waals surface area contributed by atoms with Crippen LogP contribution < -0.4 is 15.5 Å². The highest BCUT2D eigenvalue weighted by Gasteiger charge is 2.08. The van der Waals surface area contributed by atoms with Gasteiger partial charge in [0.1, 0.15) is 0 Å². The molecule has 0 bridgehead atoms. The van der Waals surface area contributed by atoms with E-state index in [-0.39, 0.29) is 11.8 Å². The maximum atomic E-state index is 12.4. The van der Waals surface area contributed by atoms with Gasteiger partial charge in [-0.25, -0.2) is 0 Å². The fraction of sp³-hybridized carbons (Fsp3) is 0.391. The predicted molar refractivity (Wildman–Crippen MR) is 116 cm³/mol. The molecule has 0 radical (unpaired) electrons. The van der Waals surface area contributed by atoms with Crippen LogP contribution in [0.5, 0.6) is 0 Å². The molecule has 0 heterocycles. The standard InChI is InChI=1S/C23H31N3O2/c1-4-6-15-26(3)21-13-11-19(12-14-21)23(28)24-17-18-9-7-10-20(16-18)25-22(27)8-5-2/h7,9-14,16H,4-6,8,15,17H2,1-3H3,(H,24,28)(H,25,27). The van der Waals surface area contributed by atoms with Crippen molar-refractivity contribution in [2.75, 3.05) is 23.8 Å². The van der Waals surface area contributed by atoms with Gasteiger partial charge in [-0.3, -0.25) is 9.59 Å². The highest BCUT2D eigenvalue weighted by Crippen LogP contribution is 2.15. The Morgan fingerprint density at radius 1 is 1.00 bits per heavy atom. The maximum Gasteiger partial charge on any atom is 0.251 e. The molecule has 28 heavy (non-hydrogen) atoms. The lowest BCUT2D eigenvalue weighted by Crippen LogP contribution is -2.23. The Bertz CT molecular complexity index is 772. The van der Waals surface area contributed by atoms with Crippen LogP contribution >= 0.6 is 0 Å². The zero-order valence-corrected chi connectivity index (χ0v) is 17.1. The van der Waals surface area contributed by atoms with Gasteiger partial charge in [0.05, 0.1) is 0 Å². The molecule has 5 heteroatoms. The van der Waals surface area contributed by atoms with Crippen LogP contribution in [0.25, 0.3) is 0 Å². The lowest BCUT2D eigenvalue weighted by molar-refractivity contribution is -0.116. The Hall–Kier alpha value is -2.82. The Kier molecular flexibility index (Phi) is 8.53. The van der Waals surface area contributed by atoms with E-state index in [1.54, 1.807) is 0 Å². The van der Waals surface area contributed by atoms with Crippen molar-refractivity contribution in [1.29, 1.82) is 0 Å². The number of carbonyl (C=O) groups excluding carboxylic acids is 2. The number of anilines is 2. The summed E-state index contributed by atoms with van der Waals surface area (Å²) in [7, 11) is 2.07. The molecule has 0 aromatic heterocycles. The summed E-state index contributed by atoms with van der Waals surface area (Å²) >= 11 is 0. The van der Waals surface area contributed by atoms with Crippen LogP contribution in [-0.2, 0) is 11.3 Å². The first kappa shape index (κ1) is 21.5. The van der Waals surface area contributed by atoms with E-state index >= 15 is 0 Å². The lowest BCUT2D eigenvalue weighted by atomic mass is 10.1. The molecule has 2 aromatic rings. The molecule has 0 atom stereocenters. The third-order valence-corrected chi connectivity index (χ3v) is 4.56. The zero-order valence-electron chi connectivity index (χ0n) is 17.1. The van der Waals surface area contributed by atoms with Crippen LogP contribution in [-0.4, -0.2) is 25.4 Å². The number of hydrogen-bond acceptors (Lipinski definition) is 3. The van der Waals surface area contributed by atoms with Gasteiger partial charge < -0.3 is 15.5 Å². The minimum absolute atomic E-state index is 0.00711. The number of hydrogen-bond donors (Lipinski definition) is 2. The quantitative estimate of drug-likeness (QED) is 0.633. The van der Waals surface area contributed by atoms with Gasteiger partial charge in [0.15, 0.2) is 0 Å². The number of nitrogens with one attached hydrogen (secondary N) is 2. The predicted octanol–water partition coefficient (Wildman–Crippen LogP) is 4.59. The van der Waals surface area contributed by atoms with Gasteiger partial charge in [-0.1, -0.05) is 32.4 Å². The normalized spacial score (nSPS) is 10.4. The van der Waals surface area contributed by atoms with E-state index in [2.05, 4.69) is 29.5 Å². The molecule has 2 rings (SSSR count). The molecule has 2 amide bonds. The van der Waals surface area contributed by atoms with Gasteiger partial charge in [-0.2, -0.15) is 0 Å². The summed E-state index contributed by atoms with van der Waals surface area (Å²) in [6.45, 7) is 5.57. The number of benzene rings is 2. The summed E-state index contributed by atoms with van der Waals surface area (Å²) in [6, 6.07) is 15.2. The van der Waals surface area contributed by atoms with E-state index < -0.39 is 0 Å². The van der Waals surface area contributed by atoms with Gasteiger partial charge in [0.25, 0.3) is 5.91 Å². The lowest BCUT2D eigenvalue weighted by Gasteiger charge is -2.19. The maximum absolute atomic E-state index is 12.4. The van der Waals surface area contributed by atoms with Crippen LogP contribution in [0.2, 0.25) is 0 Å². The number of unbranched alkanes of at least 4 members (excludes halogenated alkanes) is 1. The van der Waals surface area contributed by atoms with Crippen molar-refractivity contribution >= 4 is 23.2 Å². The molecule has 0 aliphatic heterocycles. The molecule has 0 spiro atoms. The summed E-state index contributed by atoms with van der Waals surface area (Å²) in [5, 5.41) is 5.82. The first-order chi connectivity index (χ1) is 13.5. The van der Waals surface area contributed by atoms with Gasteiger partial charge in [0, 0.05) is 43.5 Å². The highest BCUT2D eigenvalue weighted by molar-refractivity contribution is 5.94. The van der Waals surface area contributed by atoms with Gasteiger partial charge in [-0.05, 0) is 54.8 Å². The molecule has 0 aliphatic carbocycles. The Morgan fingerprint density at radius 3 is 2.43 bits per heavy atom. The first-order valence-electron chi connectivity index (χ1n) is 10.0. The second kappa shape index (κ2) is 11.1. The van der Waals surface area contributed by atoms with Crippen molar-refractivity contribution in [1.82, 2.24) is 5.32 Å². The summed E-state index contributed by atoms with van der Waals surface area (Å²) in [5.74, 6) is -0.101. The fourth-order valence-corrected chi connectivity index (χ4v) is 2.89. The molecule has 0 unspecified atom stereocenters. The van der Waals surface area contributed by atoms with E-state index in [0.717, 1.165) is 42.7 Å². The molecule has 0 aliphatic rings. The van der Waals surface area contributed by atoms with Crippen LogP contribution in [0, 0.1) is 0 Å². The summed E-state index contributed by atoms with van der Waals surface area (Å²) < 4.78 is 0. The third kappa shape index (κ3) is 6.72. The zero-order chi connectivity index (χ0) is 20.4. The van der Waals surface area contributed by atoms with Crippen LogP contribution in [0.1, 0.15) is 55.5 Å². The molecule has 5 nitrogen and oxygen atoms in total. The van der Waals surface area contributed by atoms with E-state index in [1.807, 2.05) is 55.5 Å². The van der Waals surface area contributed by atoms with E-state index in [9.17, 15) is 9.59 Å². The van der Waals surface area contributed by atoms with Crippen molar-refractivity contribution in [2.24, 2.45) is 0 Å². The van der Waals surface area contributed by atoms with Crippen molar-refractivity contribution in [3.63, 3.8) is 0 Å². The van der Waals surface area contributed by atoms with E-state index in [1.165, 1.54) is 0 Å².